The smallest absolute Gasteiger partial charge is 0.277 e. The zero-order chi connectivity index (χ0) is 16.6. The first-order chi connectivity index (χ1) is 11.0. The molecule has 1 unspecified atom stereocenters. The van der Waals surface area contributed by atoms with Gasteiger partial charge in [-0.05, 0) is 36.5 Å². The van der Waals surface area contributed by atoms with E-state index in [-0.39, 0.29) is 30.2 Å². The van der Waals surface area contributed by atoms with Crippen molar-refractivity contribution < 1.29 is 19.1 Å². The van der Waals surface area contributed by atoms with Crippen molar-refractivity contribution in [3.8, 4) is 0 Å². The van der Waals surface area contributed by atoms with Crippen molar-refractivity contribution in [2.75, 3.05) is 26.7 Å². The minimum atomic E-state index is -0.389. The molecule has 2 aliphatic heterocycles. The van der Waals surface area contributed by atoms with Crippen LogP contribution in [0.4, 0.5) is 4.39 Å². The van der Waals surface area contributed by atoms with Gasteiger partial charge in [0.1, 0.15) is 11.5 Å². The molecular weight excluding hydrogens is 299 g/mol. The van der Waals surface area contributed by atoms with Crippen molar-refractivity contribution in [2.24, 2.45) is 5.92 Å². The lowest BCUT2D eigenvalue weighted by atomic mass is 9.97. The van der Waals surface area contributed by atoms with Crippen LogP contribution in [0.3, 0.4) is 0 Å². The van der Waals surface area contributed by atoms with Crippen LogP contribution in [0.25, 0.3) is 5.57 Å². The van der Waals surface area contributed by atoms with Gasteiger partial charge in [0.25, 0.3) is 11.8 Å². The van der Waals surface area contributed by atoms with E-state index in [2.05, 4.69) is 0 Å². The summed E-state index contributed by atoms with van der Waals surface area (Å²) in [6, 6.07) is 5.59. The summed E-state index contributed by atoms with van der Waals surface area (Å²) in [5.74, 6) is -1.01. The van der Waals surface area contributed by atoms with Gasteiger partial charge in [0.05, 0.1) is 5.57 Å². The van der Waals surface area contributed by atoms with Gasteiger partial charge in [-0.3, -0.25) is 14.5 Å². The Morgan fingerprint density at radius 2 is 1.91 bits per heavy atom. The fraction of sp³-hybridized carbons (Fsp3) is 0.412. The topological polar surface area (TPSA) is 60.9 Å². The third-order valence-electron chi connectivity index (χ3n) is 4.49. The summed E-state index contributed by atoms with van der Waals surface area (Å²) in [6.45, 7) is 1.28. The Labute approximate surface area is 134 Å². The summed E-state index contributed by atoms with van der Waals surface area (Å²) >= 11 is 0. The van der Waals surface area contributed by atoms with Crippen LogP contribution in [0.5, 0.6) is 0 Å². The summed E-state index contributed by atoms with van der Waals surface area (Å²) in [5, 5.41) is 9.39. The van der Waals surface area contributed by atoms with Crippen LogP contribution in [0.2, 0.25) is 0 Å². The highest BCUT2D eigenvalue weighted by Crippen LogP contribution is 2.33. The van der Waals surface area contributed by atoms with Gasteiger partial charge >= 0.3 is 0 Å². The van der Waals surface area contributed by atoms with E-state index in [0.29, 0.717) is 29.9 Å². The van der Waals surface area contributed by atoms with Crippen LogP contribution >= 0.6 is 0 Å². The van der Waals surface area contributed by atoms with Crippen molar-refractivity contribution >= 4 is 17.4 Å². The second-order valence-electron chi connectivity index (χ2n) is 6.04. The van der Waals surface area contributed by atoms with Gasteiger partial charge in [-0.15, -0.1) is 0 Å². The molecule has 1 fully saturated rings. The van der Waals surface area contributed by atoms with Crippen LogP contribution in [0.15, 0.2) is 30.0 Å². The van der Waals surface area contributed by atoms with Gasteiger partial charge in [-0.25, -0.2) is 4.39 Å². The number of carbonyl (C=O) groups is 2. The molecule has 1 aromatic carbocycles. The van der Waals surface area contributed by atoms with Crippen LogP contribution in [-0.2, 0) is 9.59 Å². The number of rotatable bonds is 3. The van der Waals surface area contributed by atoms with Crippen LogP contribution in [0, 0.1) is 11.7 Å². The minimum absolute atomic E-state index is 0.0631. The summed E-state index contributed by atoms with van der Waals surface area (Å²) in [6.07, 6.45) is 1.76. The number of amides is 2. The van der Waals surface area contributed by atoms with Crippen LogP contribution in [0.1, 0.15) is 18.4 Å². The number of hydrogen-bond donors (Lipinski definition) is 1. The zero-order valence-corrected chi connectivity index (χ0v) is 13.0. The summed E-state index contributed by atoms with van der Waals surface area (Å²) in [5.41, 5.74) is 1.22. The lowest BCUT2D eigenvalue weighted by molar-refractivity contribution is -0.136. The quantitative estimate of drug-likeness (QED) is 0.852. The Hall–Kier alpha value is -2.21. The molecule has 2 aliphatic rings. The van der Waals surface area contributed by atoms with Crippen LogP contribution in [-0.4, -0.2) is 53.5 Å². The maximum absolute atomic E-state index is 13.2. The Kier molecular flexibility index (Phi) is 4.17. The number of aliphatic hydroxyl groups is 1. The molecule has 6 heteroatoms. The molecule has 1 saturated heterocycles. The standard InChI is InChI=1S/C17H19FN2O3/c1-19-16(22)14(12-4-6-13(18)7-5-12)15(17(19)23)20-8-2-3-11(9-20)10-21/h4-7,11,21H,2-3,8-10H2,1H3. The Morgan fingerprint density at radius 3 is 2.57 bits per heavy atom. The number of nitrogens with zero attached hydrogens (tertiary/aromatic N) is 2. The number of likely N-dealkylation sites (N-methyl/N-ethyl adjacent to an activating group) is 1. The number of benzene rings is 1. The van der Waals surface area contributed by atoms with Crippen molar-refractivity contribution in [3.05, 3.63) is 41.3 Å². The molecule has 2 amide bonds. The van der Waals surface area contributed by atoms with Crippen molar-refractivity contribution in [2.45, 2.75) is 12.8 Å². The Bertz CT molecular complexity index is 669. The largest absolute Gasteiger partial charge is 0.396 e. The molecule has 0 aromatic heterocycles. The van der Waals surface area contributed by atoms with E-state index in [1.165, 1.54) is 31.3 Å². The molecule has 1 N–H and O–H groups in total. The van der Waals surface area contributed by atoms with Gasteiger partial charge in [0.2, 0.25) is 0 Å². The van der Waals surface area contributed by atoms with E-state index in [0.717, 1.165) is 17.7 Å². The highest BCUT2D eigenvalue weighted by Gasteiger charge is 2.40. The van der Waals surface area contributed by atoms with Crippen molar-refractivity contribution in [3.63, 3.8) is 0 Å². The lowest BCUT2D eigenvalue weighted by Crippen LogP contribution is -2.39. The molecule has 0 bridgehead atoms. The Morgan fingerprint density at radius 1 is 1.22 bits per heavy atom. The Balaban J connectivity index is 2.05. The predicted octanol–water partition coefficient (Wildman–Crippen LogP) is 1.24. The second kappa shape index (κ2) is 6.12. The SMILES string of the molecule is CN1C(=O)C(c2ccc(F)cc2)=C(N2CCCC(CO)C2)C1=O. The monoisotopic (exact) mass is 318 g/mol. The summed E-state index contributed by atoms with van der Waals surface area (Å²) < 4.78 is 13.2. The minimum Gasteiger partial charge on any atom is -0.396 e. The molecule has 5 nitrogen and oxygen atoms in total. The fourth-order valence-corrected chi connectivity index (χ4v) is 3.21. The molecule has 1 atom stereocenters. The lowest BCUT2D eigenvalue weighted by Gasteiger charge is -2.34. The van der Waals surface area contributed by atoms with Crippen LogP contribution < -0.4 is 0 Å². The maximum atomic E-state index is 13.2. The van der Waals surface area contributed by atoms with Gasteiger partial charge in [-0.2, -0.15) is 0 Å². The second-order valence-corrected chi connectivity index (χ2v) is 6.04. The molecule has 1 aromatic rings. The highest BCUT2D eigenvalue weighted by molar-refractivity contribution is 6.35. The van der Waals surface area contributed by atoms with E-state index < -0.39 is 0 Å². The number of likely N-dealkylation sites (tertiary alicyclic amines) is 1. The number of aliphatic hydroxyl groups excluding tert-OH is 1. The molecule has 3 rings (SSSR count). The molecule has 0 aliphatic carbocycles. The van der Waals surface area contributed by atoms with Gasteiger partial charge in [-0.1, -0.05) is 12.1 Å². The molecule has 2 heterocycles. The normalized spacial score (nSPS) is 22.3. The number of carbonyl (C=O) groups excluding carboxylic acids is 2. The zero-order valence-electron chi connectivity index (χ0n) is 13.0. The molecule has 122 valence electrons. The fourth-order valence-electron chi connectivity index (χ4n) is 3.21. The van der Waals surface area contributed by atoms with E-state index in [4.69, 9.17) is 0 Å². The number of halogens is 1. The molecule has 0 spiro atoms. The van der Waals surface area contributed by atoms with Crippen molar-refractivity contribution in [1.82, 2.24) is 9.80 Å². The highest BCUT2D eigenvalue weighted by atomic mass is 19.1. The van der Waals surface area contributed by atoms with Gasteiger partial charge in [0, 0.05) is 26.7 Å². The first-order valence-corrected chi connectivity index (χ1v) is 7.71. The molecule has 23 heavy (non-hydrogen) atoms. The first-order valence-electron chi connectivity index (χ1n) is 7.71. The molecule has 0 radical (unpaired) electrons. The summed E-state index contributed by atoms with van der Waals surface area (Å²) in [7, 11) is 1.45. The summed E-state index contributed by atoms with van der Waals surface area (Å²) in [4.78, 5) is 28.0. The third kappa shape index (κ3) is 2.74. The number of imide groups is 1. The number of hydrogen-bond acceptors (Lipinski definition) is 4. The number of piperidine rings is 1. The average molecular weight is 318 g/mol. The maximum Gasteiger partial charge on any atom is 0.277 e. The first kappa shape index (κ1) is 15.7. The van der Waals surface area contributed by atoms with E-state index >= 15 is 0 Å². The predicted molar refractivity (Wildman–Crippen MR) is 82.5 cm³/mol. The van der Waals surface area contributed by atoms with E-state index in [1.807, 2.05) is 4.90 Å². The van der Waals surface area contributed by atoms with E-state index in [9.17, 15) is 19.1 Å². The average Bonchev–Trinajstić information content (AvgIpc) is 2.80. The van der Waals surface area contributed by atoms with Crippen molar-refractivity contribution in [1.29, 1.82) is 0 Å². The molecular formula is C17H19FN2O3. The third-order valence-corrected chi connectivity index (χ3v) is 4.49. The molecule has 0 saturated carbocycles. The van der Waals surface area contributed by atoms with Gasteiger partial charge in [0.15, 0.2) is 0 Å². The van der Waals surface area contributed by atoms with E-state index in [1.54, 1.807) is 0 Å². The van der Waals surface area contributed by atoms with Gasteiger partial charge < -0.3 is 10.0 Å².